The first-order valence-corrected chi connectivity index (χ1v) is 6.60. The number of hydrogen-bond donors (Lipinski definition) is 1. The van der Waals surface area contributed by atoms with Gasteiger partial charge in [0.05, 0.1) is 11.9 Å². The first-order chi connectivity index (χ1) is 8.90. The number of rotatable bonds is 3. The smallest absolute Gasteiger partial charge is 0.0888 e. The van der Waals surface area contributed by atoms with E-state index >= 15 is 0 Å². The fourth-order valence-electron chi connectivity index (χ4n) is 2.62. The van der Waals surface area contributed by atoms with E-state index in [-0.39, 0.29) is 0 Å². The average Bonchev–Trinajstić information content (AvgIpc) is 2.87. The number of hydrogen-bond acceptors (Lipinski definition) is 3. The van der Waals surface area contributed by atoms with Gasteiger partial charge in [-0.05, 0) is 30.5 Å². The summed E-state index contributed by atoms with van der Waals surface area (Å²) < 4.78 is 2.01. The Kier molecular flexibility index (Phi) is 3.11. The van der Waals surface area contributed by atoms with Gasteiger partial charge in [0.25, 0.3) is 0 Å². The molecule has 1 N–H and O–H groups in total. The zero-order valence-corrected chi connectivity index (χ0v) is 10.7. The van der Waals surface area contributed by atoms with Crippen LogP contribution in [0.1, 0.15) is 24.5 Å². The summed E-state index contributed by atoms with van der Waals surface area (Å²) in [5.41, 5.74) is 5.31. The minimum absolute atomic E-state index is 0.928. The van der Waals surface area contributed by atoms with Gasteiger partial charge in [0.1, 0.15) is 0 Å². The molecule has 3 rings (SSSR count). The van der Waals surface area contributed by atoms with E-state index in [1.165, 1.54) is 16.7 Å². The van der Waals surface area contributed by atoms with Crippen LogP contribution in [0, 0.1) is 0 Å². The number of nitrogens with zero attached hydrogens (tertiary/aromatic N) is 3. The number of benzene rings is 1. The average molecular weight is 242 g/mol. The summed E-state index contributed by atoms with van der Waals surface area (Å²) >= 11 is 0. The van der Waals surface area contributed by atoms with Gasteiger partial charge in [0.15, 0.2) is 0 Å². The number of fused-ring (bicyclic) bond motifs is 1. The van der Waals surface area contributed by atoms with E-state index in [1.54, 1.807) is 0 Å². The van der Waals surface area contributed by atoms with Gasteiger partial charge in [-0.1, -0.05) is 30.3 Å². The van der Waals surface area contributed by atoms with Crippen LogP contribution >= 0.6 is 0 Å². The van der Waals surface area contributed by atoms with Crippen LogP contribution in [0.2, 0.25) is 0 Å². The van der Waals surface area contributed by atoms with Gasteiger partial charge in [0, 0.05) is 18.7 Å². The van der Waals surface area contributed by atoms with E-state index in [0.717, 1.165) is 38.2 Å². The number of nitrogens with one attached hydrogen (secondary N) is 1. The summed E-state index contributed by atoms with van der Waals surface area (Å²) in [6.07, 6.45) is 4.04. The van der Waals surface area contributed by atoms with Crippen molar-refractivity contribution in [3.63, 3.8) is 0 Å². The SMILES string of the molecule is CCCn1nncc1-c1cccc2c1CCNC2. The molecule has 1 aromatic heterocycles. The Morgan fingerprint density at radius 3 is 3.22 bits per heavy atom. The third kappa shape index (κ3) is 1.93. The molecule has 4 nitrogen and oxygen atoms in total. The summed E-state index contributed by atoms with van der Waals surface area (Å²) in [5.74, 6) is 0. The highest BCUT2D eigenvalue weighted by molar-refractivity contribution is 5.65. The molecule has 1 aliphatic rings. The fourth-order valence-corrected chi connectivity index (χ4v) is 2.62. The van der Waals surface area contributed by atoms with Crippen molar-refractivity contribution in [3.8, 4) is 11.3 Å². The van der Waals surface area contributed by atoms with Crippen molar-refractivity contribution in [1.29, 1.82) is 0 Å². The molecular weight excluding hydrogens is 224 g/mol. The second-order valence-corrected chi connectivity index (χ2v) is 4.71. The second kappa shape index (κ2) is 4.90. The van der Waals surface area contributed by atoms with Crippen molar-refractivity contribution in [3.05, 3.63) is 35.5 Å². The van der Waals surface area contributed by atoms with Gasteiger partial charge >= 0.3 is 0 Å². The Morgan fingerprint density at radius 1 is 1.39 bits per heavy atom. The van der Waals surface area contributed by atoms with Crippen molar-refractivity contribution >= 4 is 0 Å². The summed E-state index contributed by atoms with van der Waals surface area (Å²) in [6.45, 7) is 5.12. The normalized spacial score (nSPS) is 14.5. The predicted octanol–water partition coefficient (Wildman–Crippen LogP) is 2.00. The Hall–Kier alpha value is -1.68. The molecule has 0 saturated carbocycles. The molecule has 2 heterocycles. The third-order valence-electron chi connectivity index (χ3n) is 3.47. The van der Waals surface area contributed by atoms with Crippen LogP contribution in [-0.2, 0) is 19.5 Å². The highest BCUT2D eigenvalue weighted by atomic mass is 15.4. The summed E-state index contributed by atoms with van der Waals surface area (Å²) in [7, 11) is 0. The van der Waals surface area contributed by atoms with Gasteiger partial charge in [-0.25, -0.2) is 4.68 Å². The molecule has 0 amide bonds. The van der Waals surface area contributed by atoms with Crippen LogP contribution in [0.4, 0.5) is 0 Å². The fraction of sp³-hybridized carbons (Fsp3) is 0.429. The zero-order chi connectivity index (χ0) is 12.4. The standard InChI is InChI=1S/C14H18N4/c1-2-8-18-14(10-16-17-18)13-5-3-4-11-9-15-7-6-12(11)13/h3-5,10,15H,2,6-9H2,1H3. The van der Waals surface area contributed by atoms with Crippen LogP contribution in [-0.4, -0.2) is 21.5 Å². The lowest BCUT2D eigenvalue weighted by Crippen LogP contribution is -2.24. The molecule has 0 radical (unpaired) electrons. The number of aryl methyl sites for hydroxylation is 1. The van der Waals surface area contributed by atoms with Gasteiger partial charge in [-0.2, -0.15) is 0 Å². The Bertz CT molecular complexity index is 544. The Balaban J connectivity index is 2.08. The lowest BCUT2D eigenvalue weighted by Gasteiger charge is -2.20. The molecule has 0 fully saturated rings. The quantitative estimate of drug-likeness (QED) is 0.895. The molecule has 1 aliphatic heterocycles. The lowest BCUT2D eigenvalue weighted by molar-refractivity contribution is 0.583. The highest BCUT2D eigenvalue weighted by Gasteiger charge is 2.16. The van der Waals surface area contributed by atoms with Crippen LogP contribution in [0.25, 0.3) is 11.3 Å². The topological polar surface area (TPSA) is 42.7 Å². The van der Waals surface area contributed by atoms with Crippen LogP contribution in [0.5, 0.6) is 0 Å². The first-order valence-electron chi connectivity index (χ1n) is 6.60. The van der Waals surface area contributed by atoms with E-state index in [9.17, 15) is 0 Å². The van der Waals surface area contributed by atoms with Crippen molar-refractivity contribution in [2.75, 3.05) is 6.54 Å². The predicted molar refractivity (Wildman–Crippen MR) is 71.2 cm³/mol. The van der Waals surface area contributed by atoms with Gasteiger partial charge in [0.2, 0.25) is 0 Å². The first kappa shape index (κ1) is 11.4. The highest BCUT2D eigenvalue weighted by Crippen LogP contribution is 2.27. The molecule has 0 bridgehead atoms. The monoisotopic (exact) mass is 242 g/mol. The minimum atomic E-state index is 0.928. The van der Waals surface area contributed by atoms with Crippen molar-refractivity contribution < 1.29 is 0 Å². The molecule has 18 heavy (non-hydrogen) atoms. The van der Waals surface area contributed by atoms with Crippen LogP contribution in [0.3, 0.4) is 0 Å². The van der Waals surface area contributed by atoms with Crippen molar-refractivity contribution in [2.45, 2.75) is 32.9 Å². The second-order valence-electron chi connectivity index (χ2n) is 4.71. The maximum absolute atomic E-state index is 4.18. The van der Waals surface area contributed by atoms with Gasteiger partial charge < -0.3 is 5.32 Å². The molecule has 0 aliphatic carbocycles. The molecule has 0 saturated heterocycles. The van der Waals surface area contributed by atoms with E-state index in [4.69, 9.17) is 0 Å². The van der Waals surface area contributed by atoms with Crippen molar-refractivity contribution in [2.24, 2.45) is 0 Å². The van der Waals surface area contributed by atoms with E-state index in [1.807, 2.05) is 10.9 Å². The molecule has 0 atom stereocenters. The van der Waals surface area contributed by atoms with Gasteiger partial charge in [-0.3, -0.25) is 0 Å². The molecule has 4 heteroatoms. The maximum atomic E-state index is 4.18. The number of aromatic nitrogens is 3. The van der Waals surface area contributed by atoms with E-state index in [2.05, 4.69) is 40.8 Å². The van der Waals surface area contributed by atoms with Crippen LogP contribution < -0.4 is 5.32 Å². The molecule has 0 unspecified atom stereocenters. The Labute approximate surface area is 107 Å². The van der Waals surface area contributed by atoms with E-state index in [0.29, 0.717) is 0 Å². The Morgan fingerprint density at radius 2 is 2.33 bits per heavy atom. The molecule has 1 aromatic carbocycles. The molecule has 94 valence electrons. The van der Waals surface area contributed by atoms with Crippen LogP contribution in [0.15, 0.2) is 24.4 Å². The summed E-state index contributed by atoms with van der Waals surface area (Å²) in [5, 5.41) is 11.7. The van der Waals surface area contributed by atoms with Crippen molar-refractivity contribution in [1.82, 2.24) is 20.3 Å². The third-order valence-corrected chi connectivity index (χ3v) is 3.47. The minimum Gasteiger partial charge on any atom is -0.312 e. The lowest BCUT2D eigenvalue weighted by atomic mass is 9.94. The molecule has 2 aromatic rings. The maximum Gasteiger partial charge on any atom is 0.0888 e. The molecule has 0 spiro atoms. The van der Waals surface area contributed by atoms with Gasteiger partial charge in [-0.15, -0.1) is 5.10 Å². The zero-order valence-electron chi connectivity index (χ0n) is 10.7. The van der Waals surface area contributed by atoms with E-state index < -0.39 is 0 Å². The summed E-state index contributed by atoms with van der Waals surface area (Å²) in [6, 6.07) is 6.53. The summed E-state index contributed by atoms with van der Waals surface area (Å²) in [4.78, 5) is 0. The largest absolute Gasteiger partial charge is 0.312 e. The molecular formula is C14H18N4.